The van der Waals surface area contributed by atoms with Crippen LogP contribution in [0.1, 0.15) is 12.5 Å². The highest BCUT2D eigenvalue weighted by molar-refractivity contribution is 6.00. The van der Waals surface area contributed by atoms with E-state index in [4.69, 9.17) is 9.47 Å². The Kier molecular flexibility index (Phi) is 3.11. The van der Waals surface area contributed by atoms with Crippen LogP contribution in [-0.2, 0) is 9.59 Å². The van der Waals surface area contributed by atoms with Crippen molar-refractivity contribution >= 4 is 23.5 Å². The van der Waals surface area contributed by atoms with Gasteiger partial charge in [-0.05, 0) is 12.1 Å². The van der Waals surface area contributed by atoms with Gasteiger partial charge in [0.15, 0.2) is 11.5 Å². The quantitative estimate of drug-likeness (QED) is 0.857. The maximum Gasteiger partial charge on any atom is 0.252 e. The molecule has 23 heavy (non-hydrogen) atoms. The Morgan fingerprint density at radius 1 is 1.35 bits per heavy atom. The predicted molar refractivity (Wildman–Crippen MR) is 78.4 cm³/mol. The van der Waals surface area contributed by atoms with Gasteiger partial charge in [-0.2, -0.15) is 10.1 Å². The largest absolute Gasteiger partial charge is 0.486 e. The number of fused-ring (bicyclic) bond motifs is 2. The zero-order valence-corrected chi connectivity index (χ0v) is 12.0. The van der Waals surface area contributed by atoms with Crippen LogP contribution in [0.4, 0.5) is 11.6 Å². The molecule has 0 saturated carbocycles. The average molecular weight is 315 g/mol. The van der Waals surface area contributed by atoms with E-state index in [9.17, 15) is 9.59 Å². The van der Waals surface area contributed by atoms with E-state index in [2.05, 4.69) is 20.7 Å². The molecular weight excluding hydrogens is 302 g/mol. The molecule has 1 unspecified atom stereocenters. The van der Waals surface area contributed by atoms with Crippen molar-refractivity contribution in [1.82, 2.24) is 14.8 Å². The Hall–Kier alpha value is -3.10. The molecule has 3 heterocycles. The van der Waals surface area contributed by atoms with Crippen LogP contribution in [0, 0.1) is 0 Å². The average Bonchev–Trinajstić information content (AvgIpc) is 3.10. The number of anilines is 2. The van der Waals surface area contributed by atoms with E-state index in [1.165, 1.54) is 11.0 Å². The van der Waals surface area contributed by atoms with Crippen molar-refractivity contribution in [3.63, 3.8) is 0 Å². The lowest BCUT2D eigenvalue weighted by atomic mass is 10.2. The SMILES string of the molecule is O=C(CC1C(=O)Nc2ncnn21)Nc1ccc2c(c1)OCCO2. The van der Waals surface area contributed by atoms with Gasteiger partial charge in [0.05, 0.1) is 6.42 Å². The van der Waals surface area contributed by atoms with Gasteiger partial charge >= 0.3 is 0 Å². The fourth-order valence-electron chi connectivity index (χ4n) is 2.56. The maximum absolute atomic E-state index is 12.2. The lowest BCUT2D eigenvalue weighted by molar-refractivity contribution is -0.123. The monoisotopic (exact) mass is 315 g/mol. The minimum absolute atomic E-state index is 0.0311. The number of carbonyl (C=O) groups excluding carboxylic acids is 2. The number of ether oxygens (including phenoxy) is 2. The van der Waals surface area contributed by atoms with Crippen molar-refractivity contribution < 1.29 is 19.1 Å². The topological polar surface area (TPSA) is 107 Å². The van der Waals surface area contributed by atoms with Crippen molar-refractivity contribution in [2.45, 2.75) is 12.5 Å². The molecule has 0 bridgehead atoms. The van der Waals surface area contributed by atoms with E-state index in [-0.39, 0.29) is 18.2 Å². The van der Waals surface area contributed by atoms with Crippen molar-refractivity contribution in [3.8, 4) is 11.5 Å². The van der Waals surface area contributed by atoms with Crippen LogP contribution < -0.4 is 20.1 Å². The van der Waals surface area contributed by atoms with Crippen LogP contribution in [0.5, 0.6) is 11.5 Å². The van der Waals surface area contributed by atoms with Crippen molar-refractivity contribution in [2.75, 3.05) is 23.8 Å². The van der Waals surface area contributed by atoms with Crippen LogP contribution in [0.2, 0.25) is 0 Å². The van der Waals surface area contributed by atoms with Crippen LogP contribution in [0.25, 0.3) is 0 Å². The number of hydrogen-bond acceptors (Lipinski definition) is 6. The summed E-state index contributed by atoms with van der Waals surface area (Å²) in [6.07, 6.45) is 1.30. The van der Waals surface area contributed by atoms with E-state index >= 15 is 0 Å². The third-order valence-corrected chi connectivity index (χ3v) is 3.61. The second-order valence-corrected chi connectivity index (χ2v) is 5.14. The van der Waals surface area contributed by atoms with Crippen LogP contribution in [0.3, 0.4) is 0 Å². The number of aromatic nitrogens is 3. The summed E-state index contributed by atoms with van der Waals surface area (Å²) >= 11 is 0. The first kappa shape index (κ1) is 13.6. The highest BCUT2D eigenvalue weighted by Gasteiger charge is 2.33. The standard InChI is InChI=1S/C14H13N5O4/c20-12(6-9-13(21)18-14-15-7-16-19(9)14)17-8-1-2-10-11(5-8)23-4-3-22-10/h1-2,5,7,9H,3-4,6H2,(H,17,20)(H,15,16,18,21). The van der Waals surface area contributed by atoms with Crippen molar-refractivity contribution in [2.24, 2.45) is 0 Å². The van der Waals surface area contributed by atoms with Gasteiger partial charge in [-0.1, -0.05) is 0 Å². The van der Waals surface area contributed by atoms with Crippen LogP contribution in [-0.4, -0.2) is 39.8 Å². The molecule has 9 nitrogen and oxygen atoms in total. The van der Waals surface area contributed by atoms with Gasteiger partial charge in [0.25, 0.3) is 5.91 Å². The predicted octanol–water partition coefficient (Wildman–Crippen LogP) is 0.571. The second kappa shape index (κ2) is 5.27. The summed E-state index contributed by atoms with van der Waals surface area (Å²) in [4.78, 5) is 27.9. The fraction of sp³-hybridized carbons (Fsp3) is 0.286. The molecule has 1 aromatic heterocycles. The van der Waals surface area contributed by atoms with E-state index in [0.29, 0.717) is 36.3 Å². The van der Waals surface area contributed by atoms with Gasteiger partial charge in [0, 0.05) is 11.8 Å². The van der Waals surface area contributed by atoms with Crippen molar-refractivity contribution in [1.29, 1.82) is 0 Å². The number of rotatable bonds is 3. The molecule has 0 saturated heterocycles. The summed E-state index contributed by atoms with van der Waals surface area (Å²) in [6, 6.07) is 4.47. The van der Waals surface area contributed by atoms with Crippen LogP contribution >= 0.6 is 0 Å². The Morgan fingerprint density at radius 2 is 2.17 bits per heavy atom. The lowest BCUT2D eigenvalue weighted by Crippen LogP contribution is -2.23. The summed E-state index contributed by atoms with van der Waals surface area (Å²) in [5.41, 5.74) is 0.580. The Morgan fingerprint density at radius 3 is 3.04 bits per heavy atom. The Balaban J connectivity index is 1.45. The smallest absolute Gasteiger partial charge is 0.252 e. The number of amides is 2. The first-order valence-corrected chi connectivity index (χ1v) is 7.10. The number of nitrogens with zero attached hydrogens (tertiary/aromatic N) is 3. The molecule has 9 heteroatoms. The summed E-state index contributed by atoms with van der Waals surface area (Å²) in [5, 5.41) is 9.27. The second-order valence-electron chi connectivity index (χ2n) is 5.14. The van der Waals surface area contributed by atoms with Gasteiger partial charge in [0.1, 0.15) is 25.6 Å². The summed E-state index contributed by atoms with van der Waals surface area (Å²) in [6.45, 7) is 0.984. The van der Waals surface area contributed by atoms with Gasteiger partial charge < -0.3 is 14.8 Å². The highest BCUT2D eigenvalue weighted by atomic mass is 16.6. The van der Waals surface area contributed by atoms with Gasteiger partial charge in [0.2, 0.25) is 11.9 Å². The lowest BCUT2D eigenvalue weighted by Gasteiger charge is -2.19. The zero-order valence-electron chi connectivity index (χ0n) is 12.0. The zero-order chi connectivity index (χ0) is 15.8. The van der Waals surface area contributed by atoms with E-state index < -0.39 is 6.04 Å². The molecule has 0 spiro atoms. The Bertz CT molecular complexity index is 787. The molecule has 0 radical (unpaired) electrons. The number of hydrogen-bond donors (Lipinski definition) is 2. The van der Waals surface area contributed by atoms with E-state index in [1.807, 2.05) is 0 Å². The minimum Gasteiger partial charge on any atom is -0.486 e. The molecule has 0 fully saturated rings. The highest BCUT2D eigenvalue weighted by Crippen LogP contribution is 2.33. The van der Waals surface area contributed by atoms with Gasteiger partial charge in [-0.3, -0.25) is 14.9 Å². The normalized spacial score (nSPS) is 18.3. The number of benzene rings is 1. The molecule has 118 valence electrons. The van der Waals surface area contributed by atoms with Crippen molar-refractivity contribution in [3.05, 3.63) is 24.5 Å². The first-order valence-electron chi connectivity index (χ1n) is 7.10. The minimum atomic E-state index is -0.690. The molecule has 2 aliphatic rings. The molecule has 2 aliphatic heterocycles. The summed E-state index contributed by atoms with van der Waals surface area (Å²) in [7, 11) is 0. The summed E-state index contributed by atoms with van der Waals surface area (Å²) < 4.78 is 12.3. The van der Waals surface area contributed by atoms with Gasteiger partial charge in [-0.15, -0.1) is 0 Å². The fourth-order valence-corrected chi connectivity index (χ4v) is 2.56. The molecule has 2 aromatic rings. The van der Waals surface area contributed by atoms with E-state index in [0.717, 1.165) is 0 Å². The number of carbonyl (C=O) groups is 2. The molecule has 2 N–H and O–H groups in total. The van der Waals surface area contributed by atoms with Crippen LogP contribution in [0.15, 0.2) is 24.5 Å². The Labute approximate surface area is 130 Å². The number of nitrogens with one attached hydrogen (secondary N) is 2. The van der Waals surface area contributed by atoms with Gasteiger partial charge in [-0.25, -0.2) is 4.68 Å². The first-order chi connectivity index (χ1) is 11.2. The molecule has 1 aromatic carbocycles. The molecule has 2 amide bonds. The van der Waals surface area contributed by atoms with E-state index in [1.54, 1.807) is 18.2 Å². The molecular formula is C14H13N5O4. The third kappa shape index (κ3) is 2.45. The maximum atomic E-state index is 12.2. The molecule has 0 aliphatic carbocycles. The molecule has 1 atom stereocenters. The summed E-state index contributed by atoms with van der Waals surface area (Å²) in [5.74, 6) is 0.998. The third-order valence-electron chi connectivity index (χ3n) is 3.61. The molecule has 4 rings (SSSR count).